The van der Waals surface area contributed by atoms with Gasteiger partial charge < -0.3 is 9.84 Å². The molecule has 0 bridgehead atoms. The minimum Gasteiger partial charge on any atom is -0.508 e. The topological polar surface area (TPSA) is 62.1 Å². The molecule has 1 heterocycles. The van der Waals surface area contributed by atoms with Crippen LogP contribution in [0.25, 0.3) is 6.08 Å². The van der Waals surface area contributed by atoms with E-state index in [2.05, 4.69) is 11.9 Å². The standard InChI is InChI=1S/C21H22N2O3S/c1-3-13-26-18-11-5-15(6-12-18)14-19-20(25)23(4-2)21(27-19)22-16-7-9-17(24)10-8-16/h5-12,14,24H,3-4,13H2,1-2H3/b19-14-,22-21?. The van der Waals surface area contributed by atoms with Gasteiger partial charge in [-0.15, -0.1) is 0 Å². The van der Waals surface area contributed by atoms with Crippen molar-refractivity contribution in [1.82, 2.24) is 4.90 Å². The maximum atomic E-state index is 12.7. The SMILES string of the molecule is CCCOc1ccc(/C=C2\SC(=Nc3ccc(O)cc3)N(CC)C2=O)cc1. The van der Waals surface area contributed by atoms with E-state index in [0.717, 1.165) is 17.7 Å². The van der Waals surface area contributed by atoms with E-state index in [1.54, 1.807) is 29.2 Å². The number of amidine groups is 1. The molecule has 0 atom stereocenters. The number of rotatable bonds is 6. The van der Waals surface area contributed by atoms with Crippen molar-refractivity contribution in [3.8, 4) is 11.5 Å². The molecule has 0 radical (unpaired) electrons. The van der Waals surface area contributed by atoms with Crippen molar-refractivity contribution in [3.63, 3.8) is 0 Å². The zero-order valence-corrected chi connectivity index (χ0v) is 16.2. The maximum absolute atomic E-state index is 12.7. The average Bonchev–Trinajstić information content (AvgIpc) is 2.97. The fourth-order valence-corrected chi connectivity index (χ4v) is 3.60. The van der Waals surface area contributed by atoms with E-state index in [1.807, 2.05) is 37.3 Å². The average molecular weight is 382 g/mol. The molecule has 27 heavy (non-hydrogen) atoms. The van der Waals surface area contributed by atoms with E-state index >= 15 is 0 Å². The third kappa shape index (κ3) is 4.71. The van der Waals surface area contributed by atoms with Crippen molar-refractivity contribution in [2.75, 3.05) is 13.2 Å². The Bertz CT molecular complexity index is 858. The Morgan fingerprint density at radius 3 is 2.44 bits per heavy atom. The minimum atomic E-state index is -0.0497. The van der Waals surface area contributed by atoms with Crippen LogP contribution in [-0.2, 0) is 4.79 Å². The predicted octanol–water partition coefficient (Wildman–Crippen LogP) is 4.80. The van der Waals surface area contributed by atoms with Crippen LogP contribution in [0, 0.1) is 0 Å². The molecule has 0 aromatic heterocycles. The van der Waals surface area contributed by atoms with Crippen LogP contribution in [0.4, 0.5) is 5.69 Å². The van der Waals surface area contributed by atoms with Crippen molar-refractivity contribution < 1.29 is 14.6 Å². The first kappa shape index (κ1) is 19.0. The summed E-state index contributed by atoms with van der Waals surface area (Å²) < 4.78 is 5.59. The summed E-state index contributed by atoms with van der Waals surface area (Å²) in [6.07, 6.45) is 2.84. The number of likely N-dealkylation sites (N-methyl/N-ethyl adjacent to an activating group) is 1. The molecule has 1 N–H and O–H groups in total. The Kier molecular flexibility index (Phi) is 6.19. The van der Waals surface area contributed by atoms with Gasteiger partial charge in [0.25, 0.3) is 5.91 Å². The first-order chi connectivity index (χ1) is 13.1. The summed E-state index contributed by atoms with van der Waals surface area (Å²) in [5, 5.41) is 10.0. The fraction of sp³-hybridized carbons (Fsp3) is 0.238. The molecule has 1 aliphatic rings. The number of thioether (sulfide) groups is 1. The quantitative estimate of drug-likeness (QED) is 0.729. The highest BCUT2D eigenvalue weighted by atomic mass is 32.2. The summed E-state index contributed by atoms with van der Waals surface area (Å²) in [5.74, 6) is 0.967. The van der Waals surface area contributed by atoms with Crippen LogP contribution >= 0.6 is 11.8 Å². The summed E-state index contributed by atoms with van der Waals surface area (Å²) in [4.78, 5) is 19.5. The number of carbonyl (C=O) groups excluding carboxylic acids is 1. The summed E-state index contributed by atoms with van der Waals surface area (Å²) in [6, 6.07) is 14.3. The monoisotopic (exact) mass is 382 g/mol. The van der Waals surface area contributed by atoms with Crippen LogP contribution in [0.3, 0.4) is 0 Å². The molecule has 1 saturated heterocycles. The molecule has 0 saturated carbocycles. The summed E-state index contributed by atoms with van der Waals surface area (Å²) in [7, 11) is 0. The summed E-state index contributed by atoms with van der Waals surface area (Å²) in [6.45, 7) is 5.23. The van der Waals surface area contributed by atoms with Gasteiger partial charge >= 0.3 is 0 Å². The molecule has 6 heteroatoms. The number of aromatic hydroxyl groups is 1. The van der Waals surface area contributed by atoms with E-state index in [-0.39, 0.29) is 11.7 Å². The lowest BCUT2D eigenvalue weighted by Gasteiger charge is -2.11. The second kappa shape index (κ2) is 8.77. The number of phenolic OH excluding ortho intramolecular Hbond substituents is 1. The molecule has 5 nitrogen and oxygen atoms in total. The first-order valence-corrected chi connectivity index (χ1v) is 9.74. The van der Waals surface area contributed by atoms with E-state index < -0.39 is 0 Å². The van der Waals surface area contributed by atoms with E-state index in [0.29, 0.717) is 28.9 Å². The third-order valence-electron chi connectivity index (χ3n) is 3.93. The van der Waals surface area contributed by atoms with E-state index in [4.69, 9.17) is 4.74 Å². The highest BCUT2D eigenvalue weighted by Gasteiger charge is 2.32. The number of ether oxygens (including phenoxy) is 1. The number of nitrogens with zero attached hydrogens (tertiary/aromatic N) is 2. The molecule has 2 aromatic rings. The molecule has 140 valence electrons. The number of benzene rings is 2. The molecule has 2 aromatic carbocycles. The third-order valence-corrected chi connectivity index (χ3v) is 4.94. The number of phenols is 1. The van der Waals surface area contributed by atoms with Crippen LogP contribution in [0.2, 0.25) is 0 Å². The summed E-state index contributed by atoms with van der Waals surface area (Å²) >= 11 is 1.36. The normalized spacial score (nSPS) is 17.1. The van der Waals surface area contributed by atoms with Gasteiger partial charge in [-0.3, -0.25) is 9.69 Å². The smallest absolute Gasteiger partial charge is 0.266 e. The Morgan fingerprint density at radius 2 is 1.81 bits per heavy atom. The number of carbonyl (C=O) groups is 1. The molecular weight excluding hydrogens is 360 g/mol. The van der Waals surface area contributed by atoms with Gasteiger partial charge in [0.2, 0.25) is 0 Å². The molecule has 0 spiro atoms. The summed E-state index contributed by atoms with van der Waals surface area (Å²) in [5.41, 5.74) is 1.64. The largest absolute Gasteiger partial charge is 0.508 e. The second-order valence-corrected chi connectivity index (χ2v) is 7.00. The molecule has 1 amide bonds. The number of amides is 1. The van der Waals surface area contributed by atoms with Crippen LogP contribution in [0.5, 0.6) is 11.5 Å². The van der Waals surface area contributed by atoms with Gasteiger partial charge in [-0.1, -0.05) is 19.1 Å². The van der Waals surface area contributed by atoms with Crippen LogP contribution < -0.4 is 4.74 Å². The highest BCUT2D eigenvalue weighted by molar-refractivity contribution is 8.18. The molecular formula is C21H22N2O3S. The molecule has 3 rings (SSSR count). The zero-order chi connectivity index (χ0) is 19.2. The fourth-order valence-electron chi connectivity index (χ4n) is 2.54. The number of aliphatic imine (C=N–C) groups is 1. The van der Waals surface area contributed by atoms with Crippen molar-refractivity contribution in [2.45, 2.75) is 20.3 Å². The lowest BCUT2D eigenvalue weighted by Crippen LogP contribution is -2.28. The van der Waals surface area contributed by atoms with Gasteiger partial charge in [0, 0.05) is 6.54 Å². The Hall–Kier alpha value is -2.73. The van der Waals surface area contributed by atoms with Gasteiger partial charge in [0.1, 0.15) is 11.5 Å². The van der Waals surface area contributed by atoms with Crippen molar-refractivity contribution in [1.29, 1.82) is 0 Å². The van der Waals surface area contributed by atoms with Gasteiger partial charge in [-0.25, -0.2) is 4.99 Å². The number of hydrogen-bond donors (Lipinski definition) is 1. The minimum absolute atomic E-state index is 0.0497. The molecule has 0 aliphatic carbocycles. The maximum Gasteiger partial charge on any atom is 0.266 e. The van der Waals surface area contributed by atoms with Gasteiger partial charge in [0.15, 0.2) is 5.17 Å². The predicted molar refractivity (Wildman–Crippen MR) is 110 cm³/mol. The molecule has 0 unspecified atom stereocenters. The Balaban J connectivity index is 1.81. The van der Waals surface area contributed by atoms with Crippen LogP contribution in [0.1, 0.15) is 25.8 Å². The molecule has 1 fully saturated rings. The van der Waals surface area contributed by atoms with Gasteiger partial charge in [-0.05, 0) is 73.1 Å². The van der Waals surface area contributed by atoms with Crippen molar-refractivity contribution in [3.05, 3.63) is 59.0 Å². The molecule has 1 aliphatic heterocycles. The van der Waals surface area contributed by atoms with Gasteiger partial charge in [0.05, 0.1) is 17.2 Å². The Morgan fingerprint density at radius 1 is 1.11 bits per heavy atom. The zero-order valence-electron chi connectivity index (χ0n) is 15.4. The Labute approximate surface area is 163 Å². The highest BCUT2D eigenvalue weighted by Crippen LogP contribution is 2.34. The van der Waals surface area contributed by atoms with Crippen LogP contribution in [0.15, 0.2) is 58.4 Å². The van der Waals surface area contributed by atoms with Crippen molar-refractivity contribution in [2.24, 2.45) is 4.99 Å². The van der Waals surface area contributed by atoms with Crippen LogP contribution in [-0.4, -0.2) is 34.2 Å². The van der Waals surface area contributed by atoms with E-state index in [9.17, 15) is 9.90 Å². The van der Waals surface area contributed by atoms with Crippen molar-refractivity contribution >= 4 is 34.6 Å². The van der Waals surface area contributed by atoms with Gasteiger partial charge in [-0.2, -0.15) is 0 Å². The lowest BCUT2D eigenvalue weighted by molar-refractivity contribution is -0.122. The lowest BCUT2D eigenvalue weighted by atomic mass is 10.2. The number of hydrogen-bond acceptors (Lipinski definition) is 5. The second-order valence-electron chi connectivity index (χ2n) is 5.99. The first-order valence-electron chi connectivity index (χ1n) is 8.92. The van der Waals surface area contributed by atoms with E-state index in [1.165, 1.54) is 11.8 Å².